The Morgan fingerprint density at radius 3 is 2.79 bits per heavy atom. The summed E-state index contributed by atoms with van der Waals surface area (Å²) in [5.74, 6) is 0. The third-order valence-electron chi connectivity index (χ3n) is 2.67. The van der Waals surface area contributed by atoms with Crippen LogP contribution in [0.1, 0.15) is 10.4 Å². The summed E-state index contributed by atoms with van der Waals surface area (Å²) < 4.78 is 1.10. The van der Waals surface area contributed by atoms with Crippen LogP contribution in [0.3, 0.4) is 0 Å². The first-order valence-corrected chi connectivity index (χ1v) is 7.40. The van der Waals surface area contributed by atoms with Gasteiger partial charge in [-0.05, 0) is 53.0 Å². The van der Waals surface area contributed by atoms with Crippen LogP contribution in [0.25, 0.3) is 0 Å². The van der Waals surface area contributed by atoms with Crippen LogP contribution >= 0.6 is 27.3 Å². The first-order chi connectivity index (χ1) is 9.06. The smallest absolute Gasteiger partial charge is 0.292 e. The van der Waals surface area contributed by atoms with Gasteiger partial charge < -0.3 is 5.32 Å². The average molecular weight is 341 g/mol. The van der Waals surface area contributed by atoms with Gasteiger partial charge >= 0.3 is 0 Å². The highest BCUT2D eigenvalue weighted by Crippen LogP contribution is 2.26. The number of nitrogens with one attached hydrogen (secondary N) is 1. The second-order valence-electron chi connectivity index (χ2n) is 4.16. The van der Waals surface area contributed by atoms with Gasteiger partial charge in [0.1, 0.15) is 5.69 Å². The largest absolute Gasteiger partial charge is 0.379 e. The fraction of sp³-hybridized carbons (Fsp3) is 0.231. The molecule has 0 atom stereocenters. The quantitative estimate of drug-likeness (QED) is 0.648. The van der Waals surface area contributed by atoms with Gasteiger partial charge in [-0.2, -0.15) is 0 Å². The molecule has 100 valence electrons. The summed E-state index contributed by atoms with van der Waals surface area (Å²) in [7, 11) is 0. The number of rotatable bonds is 5. The Kier molecular flexibility index (Phi) is 4.55. The summed E-state index contributed by atoms with van der Waals surface area (Å²) in [6.07, 6.45) is 0.849. The molecular weight excluding hydrogens is 328 g/mol. The van der Waals surface area contributed by atoms with Crippen LogP contribution in [0.4, 0.5) is 11.4 Å². The fourth-order valence-corrected chi connectivity index (χ4v) is 3.23. The van der Waals surface area contributed by atoms with Crippen LogP contribution in [-0.4, -0.2) is 11.5 Å². The maximum Gasteiger partial charge on any atom is 0.292 e. The van der Waals surface area contributed by atoms with E-state index in [4.69, 9.17) is 0 Å². The van der Waals surface area contributed by atoms with Crippen molar-refractivity contribution in [2.75, 3.05) is 11.9 Å². The number of hydrogen-bond donors (Lipinski definition) is 1. The Balaban J connectivity index is 2.01. The third-order valence-corrected chi connectivity index (χ3v) is 4.35. The zero-order valence-electron chi connectivity index (χ0n) is 10.4. The summed E-state index contributed by atoms with van der Waals surface area (Å²) in [6.45, 7) is 2.52. The highest BCUT2D eigenvalue weighted by Gasteiger charge is 2.13. The highest BCUT2D eigenvalue weighted by molar-refractivity contribution is 9.11. The Bertz CT molecular complexity index is 598. The van der Waals surface area contributed by atoms with Crippen molar-refractivity contribution in [3.8, 4) is 0 Å². The van der Waals surface area contributed by atoms with Crippen molar-refractivity contribution >= 4 is 38.6 Å². The summed E-state index contributed by atoms with van der Waals surface area (Å²) in [5, 5.41) is 14.1. The number of anilines is 1. The van der Waals surface area contributed by atoms with Gasteiger partial charge in [0, 0.05) is 17.5 Å². The van der Waals surface area contributed by atoms with Crippen molar-refractivity contribution in [1.29, 1.82) is 0 Å². The van der Waals surface area contributed by atoms with Crippen molar-refractivity contribution in [1.82, 2.24) is 0 Å². The maximum atomic E-state index is 11.0. The number of nitrogens with zero attached hydrogens (tertiary/aromatic N) is 1. The zero-order valence-corrected chi connectivity index (χ0v) is 12.8. The van der Waals surface area contributed by atoms with Gasteiger partial charge in [0.2, 0.25) is 0 Å². The molecule has 0 bridgehead atoms. The van der Waals surface area contributed by atoms with Crippen LogP contribution < -0.4 is 5.32 Å². The molecule has 0 aliphatic rings. The van der Waals surface area contributed by atoms with Crippen LogP contribution in [0, 0.1) is 17.0 Å². The molecule has 4 nitrogen and oxygen atoms in total. The minimum Gasteiger partial charge on any atom is -0.379 e. The van der Waals surface area contributed by atoms with Crippen LogP contribution in [0.5, 0.6) is 0 Å². The molecule has 1 heterocycles. The summed E-state index contributed by atoms with van der Waals surface area (Å²) >= 11 is 5.10. The molecular formula is C13H13BrN2O2S. The molecule has 0 saturated carbocycles. The van der Waals surface area contributed by atoms with E-state index in [0.717, 1.165) is 15.8 Å². The van der Waals surface area contributed by atoms with Crippen molar-refractivity contribution in [2.45, 2.75) is 13.3 Å². The molecule has 0 spiro atoms. The molecule has 2 rings (SSSR count). The topological polar surface area (TPSA) is 55.2 Å². The first kappa shape index (κ1) is 14.0. The lowest BCUT2D eigenvalue weighted by Gasteiger charge is -2.06. The van der Waals surface area contributed by atoms with E-state index < -0.39 is 0 Å². The van der Waals surface area contributed by atoms with Crippen molar-refractivity contribution in [3.05, 3.63) is 54.7 Å². The van der Waals surface area contributed by atoms with Gasteiger partial charge in [0.25, 0.3) is 5.69 Å². The van der Waals surface area contributed by atoms with E-state index in [1.54, 1.807) is 23.5 Å². The van der Waals surface area contributed by atoms with Gasteiger partial charge in [-0.25, -0.2) is 0 Å². The van der Waals surface area contributed by atoms with E-state index >= 15 is 0 Å². The van der Waals surface area contributed by atoms with E-state index in [2.05, 4.69) is 27.3 Å². The molecule has 19 heavy (non-hydrogen) atoms. The Hall–Kier alpha value is -1.40. The SMILES string of the molecule is Cc1ccc(NCCc2ccc(Br)s2)c([N+](=O)[O-])c1. The fourth-order valence-electron chi connectivity index (χ4n) is 1.75. The summed E-state index contributed by atoms with van der Waals surface area (Å²) in [5.41, 5.74) is 1.60. The second-order valence-corrected chi connectivity index (χ2v) is 6.71. The standard InChI is InChI=1S/C13H13BrN2O2S/c1-9-2-4-11(12(8-9)16(17)18)15-7-6-10-3-5-13(14)19-10/h2-5,8,15H,6-7H2,1H3. The Morgan fingerprint density at radius 1 is 1.37 bits per heavy atom. The third kappa shape index (κ3) is 3.78. The summed E-state index contributed by atoms with van der Waals surface area (Å²) in [6, 6.07) is 9.28. The van der Waals surface area contributed by atoms with Crippen LogP contribution in [0.2, 0.25) is 0 Å². The van der Waals surface area contributed by atoms with Crippen LogP contribution in [0.15, 0.2) is 34.1 Å². The molecule has 0 unspecified atom stereocenters. The van der Waals surface area contributed by atoms with Gasteiger partial charge in [-0.3, -0.25) is 10.1 Å². The molecule has 0 amide bonds. The second kappa shape index (κ2) is 6.16. The molecule has 6 heteroatoms. The Morgan fingerprint density at radius 2 is 2.16 bits per heavy atom. The minimum atomic E-state index is -0.350. The van der Waals surface area contributed by atoms with Gasteiger partial charge in [0.15, 0.2) is 0 Å². The number of thiophene rings is 1. The molecule has 0 aliphatic carbocycles. The molecule has 0 saturated heterocycles. The summed E-state index contributed by atoms with van der Waals surface area (Å²) in [4.78, 5) is 11.9. The van der Waals surface area contributed by atoms with Crippen molar-refractivity contribution in [2.24, 2.45) is 0 Å². The maximum absolute atomic E-state index is 11.0. The molecule has 1 aromatic carbocycles. The lowest BCUT2D eigenvalue weighted by Crippen LogP contribution is -2.06. The zero-order chi connectivity index (χ0) is 13.8. The average Bonchev–Trinajstić information content (AvgIpc) is 2.77. The van der Waals surface area contributed by atoms with Crippen LogP contribution in [-0.2, 0) is 6.42 Å². The van der Waals surface area contributed by atoms with Crippen molar-refractivity contribution < 1.29 is 4.92 Å². The monoisotopic (exact) mass is 340 g/mol. The molecule has 0 radical (unpaired) electrons. The van der Waals surface area contributed by atoms with Gasteiger partial charge in [-0.15, -0.1) is 11.3 Å². The van der Waals surface area contributed by atoms with E-state index in [9.17, 15) is 10.1 Å². The van der Waals surface area contributed by atoms with Gasteiger partial charge in [0.05, 0.1) is 8.71 Å². The molecule has 1 N–H and O–H groups in total. The van der Waals surface area contributed by atoms with E-state index in [-0.39, 0.29) is 10.6 Å². The lowest BCUT2D eigenvalue weighted by molar-refractivity contribution is -0.384. The number of nitro benzene ring substituents is 1. The first-order valence-electron chi connectivity index (χ1n) is 5.79. The number of nitro groups is 1. The predicted molar refractivity (Wildman–Crippen MR) is 82.0 cm³/mol. The molecule has 0 fully saturated rings. The van der Waals surface area contributed by atoms with E-state index in [1.165, 1.54) is 4.88 Å². The number of aryl methyl sites for hydroxylation is 1. The molecule has 2 aromatic rings. The van der Waals surface area contributed by atoms with Gasteiger partial charge in [-0.1, -0.05) is 6.07 Å². The lowest BCUT2D eigenvalue weighted by atomic mass is 10.2. The molecule has 0 aliphatic heterocycles. The Labute approximate surface area is 123 Å². The molecule has 1 aromatic heterocycles. The minimum absolute atomic E-state index is 0.132. The predicted octanol–water partition coefficient (Wildman–Crippen LogP) is 4.38. The normalized spacial score (nSPS) is 10.4. The van der Waals surface area contributed by atoms with Crippen molar-refractivity contribution in [3.63, 3.8) is 0 Å². The van der Waals surface area contributed by atoms with E-state index in [1.807, 2.05) is 19.1 Å². The number of halogens is 1. The van der Waals surface area contributed by atoms with E-state index in [0.29, 0.717) is 12.2 Å². The highest BCUT2D eigenvalue weighted by atomic mass is 79.9. The number of benzene rings is 1. The number of hydrogen-bond acceptors (Lipinski definition) is 4.